The van der Waals surface area contributed by atoms with E-state index in [1.54, 1.807) is 6.20 Å². The number of aromatic nitrogens is 2. The Morgan fingerprint density at radius 1 is 1.32 bits per heavy atom. The molecule has 3 heterocycles. The second kappa shape index (κ2) is 10.4. The zero-order valence-electron chi connectivity index (χ0n) is 19.6. The summed E-state index contributed by atoms with van der Waals surface area (Å²) in [5, 5.41) is 25.8. The molecule has 0 radical (unpaired) electrons. The predicted octanol–water partition coefficient (Wildman–Crippen LogP) is 4.93. The van der Waals surface area contributed by atoms with Gasteiger partial charge in [-0.15, -0.1) is 0 Å². The van der Waals surface area contributed by atoms with Crippen LogP contribution < -0.4 is 10.6 Å². The van der Waals surface area contributed by atoms with E-state index in [9.17, 15) is 10.1 Å². The third kappa shape index (κ3) is 5.21. The number of rotatable bonds is 7. The molecule has 2 aromatic heterocycles. The summed E-state index contributed by atoms with van der Waals surface area (Å²) >= 11 is 0. The summed E-state index contributed by atoms with van der Waals surface area (Å²) in [6, 6.07) is 8.45. The van der Waals surface area contributed by atoms with Crippen LogP contribution in [0, 0.1) is 25.2 Å². The van der Waals surface area contributed by atoms with Crippen LogP contribution >= 0.6 is 0 Å². The number of hydrogen-bond donors (Lipinski definition) is 4. The molecule has 8 nitrogen and oxygen atoms in total. The van der Waals surface area contributed by atoms with Crippen LogP contribution in [0.4, 0.5) is 16.2 Å². The third-order valence-corrected chi connectivity index (χ3v) is 6.51. The summed E-state index contributed by atoms with van der Waals surface area (Å²) < 4.78 is 0. The van der Waals surface area contributed by atoms with Gasteiger partial charge in [0.25, 0.3) is 0 Å². The minimum Gasteiger partial charge on any atom is -0.465 e. The van der Waals surface area contributed by atoms with Crippen LogP contribution in [-0.4, -0.2) is 51.7 Å². The first-order valence-electron chi connectivity index (χ1n) is 11.6. The number of likely N-dealkylation sites (tertiary alicyclic amines) is 1. The van der Waals surface area contributed by atoms with Crippen molar-refractivity contribution in [1.82, 2.24) is 20.2 Å². The van der Waals surface area contributed by atoms with Gasteiger partial charge in [0.05, 0.1) is 11.3 Å². The van der Waals surface area contributed by atoms with Gasteiger partial charge in [-0.1, -0.05) is 12.2 Å². The molecule has 1 aliphatic heterocycles. The van der Waals surface area contributed by atoms with Gasteiger partial charge in [0.15, 0.2) is 0 Å². The van der Waals surface area contributed by atoms with E-state index >= 15 is 0 Å². The van der Waals surface area contributed by atoms with E-state index < -0.39 is 6.09 Å². The number of fused-ring (bicyclic) bond motifs is 1. The van der Waals surface area contributed by atoms with Crippen molar-refractivity contribution in [2.24, 2.45) is 0 Å². The molecule has 1 aliphatic rings. The number of carbonyl (C=O) groups is 1. The van der Waals surface area contributed by atoms with Crippen molar-refractivity contribution < 1.29 is 9.90 Å². The van der Waals surface area contributed by atoms with E-state index in [0.29, 0.717) is 5.56 Å². The average Bonchev–Trinajstić information content (AvgIpc) is 3.30. The number of nitriles is 1. The molecule has 4 rings (SSSR count). The fourth-order valence-electron chi connectivity index (χ4n) is 4.53. The normalized spacial score (nSPS) is 15.0. The van der Waals surface area contributed by atoms with Crippen LogP contribution in [0.2, 0.25) is 0 Å². The van der Waals surface area contributed by atoms with Crippen LogP contribution in [0.15, 0.2) is 36.7 Å². The second-order valence-corrected chi connectivity index (χ2v) is 8.72. The topological polar surface area (TPSA) is 117 Å². The molecule has 0 saturated carbocycles. The molecule has 1 amide bonds. The van der Waals surface area contributed by atoms with Crippen molar-refractivity contribution >= 4 is 34.4 Å². The molecule has 0 atom stereocenters. The largest absolute Gasteiger partial charge is 0.465 e. The molecule has 1 aromatic carbocycles. The number of aromatic amines is 1. The first-order chi connectivity index (χ1) is 16.5. The fourth-order valence-corrected chi connectivity index (χ4v) is 4.53. The quantitative estimate of drug-likeness (QED) is 0.399. The number of nitrogens with one attached hydrogen (secondary N) is 3. The lowest BCUT2D eigenvalue weighted by molar-refractivity contribution is 0.169. The lowest BCUT2D eigenvalue weighted by Gasteiger charge is -2.31. The van der Waals surface area contributed by atoms with Crippen molar-refractivity contribution in [2.45, 2.75) is 39.2 Å². The van der Waals surface area contributed by atoms with Crippen molar-refractivity contribution in [3.63, 3.8) is 0 Å². The number of H-pyrrole nitrogens is 1. The molecular formula is C26H30N6O2. The van der Waals surface area contributed by atoms with E-state index in [-0.39, 0.29) is 6.04 Å². The summed E-state index contributed by atoms with van der Waals surface area (Å²) in [6.07, 6.45) is 9.31. The summed E-state index contributed by atoms with van der Waals surface area (Å²) in [4.78, 5) is 20.8. The van der Waals surface area contributed by atoms with Gasteiger partial charge < -0.3 is 25.6 Å². The summed E-state index contributed by atoms with van der Waals surface area (Å²) in [5.74, 6) is 0. The Morgan fingerprint density at radius 3 is 2.85 bits per heavy atom. The highest BCUT2D eigenvalue weighted by Crippen LogP contribution is 2.32. The highest BCUT2D eigenvalue weighted by Gasteiger charge is 2.19. The number of carboxylic acid groups (broad SMARTS) is 1. The van der Waals surface area contributed by atoms with Gasteiger partial charge in [0.2, 0.25) is 0 Å². The number of benzene rings is 1. The van der Waals surface area contributed by atoms with E-state index in [0.717, 1.165) is 78.0 Å². The molecule has 1 fully saturated rings. The van der Waals surface area contributed by atoms with E-state index in [4.69, 9.17) is 5.11 Å². The van der Waals surface area contributed by atoms with E-state index in [1.165, 1.54) is 0 Å². The van der Waals surface area contributed by atoms with Crippen molar-refractivity contribution in [3.8, 4) is 6.07 Å². The molecule has 8 heteroatoms. The summed E-state index contributed by atoms with van der Waals surface area (Å²) in [7, 11) is 0. The third-order valence-electron chi connectivity index (χ3n) is 6.51. The maximum absolute atomic E-state index is 10.8. The van der Waals surface area contributed by atoms with Crippen LogP contribution in [0.25, 0.3) is 17.0 Å². The van der Waals surface area contributed by atoms with Crippen molar-refractivity contribution in [3.05, 3.63) is 59.1 Å². The number of piperidine rings is 1. The van der Waals surface area contributed by atoms with Gasteiger partial charge in [0, 0.05) is 65.9 Å². The Balaban J connectivity index is 1.47. The predicted molar refractivity (Wildman–Crippen MR) is 134 cm³/mol. The maximum atomic E-state index is 10.8. The van der Waals surface area contributed by atoms with Crippen molar-refractivity contribution in [2.75, 3.05) is 25.0 Å². The smallest absolute Gasteiger partial charge is 0.404 e. The van der Waals surface area contributed by atoms with Crippen LogP contribution in [0.1, 0.15) is 41.6 Å². The van der Waals surface area contributed by atoms with Gasteiger partial charge in [0.1, 0.15) is 6.07 Å². The first kappa shape index (κ1) is 23.3. The van der Waals surface area contributed by atoms with Crippen LogP contribution in [0.5, 0.6) is 0 Å². The average molecular weight is 459 g/mol. The van der Waals surface area contributed by atoms with Crippen molar-refractivity contribution in [1.29, 1.82) is 5.26 Å². The Kier molecular flexibility index (Phi) is 7.14. The molecule has 34 heavy (non-hydrogen) atoms. The number of pyridine rings is 1. The molecule has 0 unspecified atom stereocenters. The highest BCUT2D eigenvalue weighted by molar-refractivity contribution is 5.90. The van der Waals surface area contributed by atoms with E-state index in [1.807, 2.05) is 31.3 Å². The second-order valence-electron chi connectivity index (χ2n) is 8.72. The number of amides is 1. The Bertz CT molecular complexity index is 1250. The van der Waals surface area contributed by atoms with Crippen LogP contribution in [0.3, 0.4) is 0 Å². The Hall–Kier alpha value is -3.83. The minimum atomic E-state index is -0.947. The minimum absolute atomic E-state index is 0.0503. The maximum Gasteiger partial charge on any atom is 0.404 e. The summed E-state index contributed by atoms with van der Waals surface area (Å²) in [6.45, 7) is 6.71. The molecule has 0 spiro atoms. The SMILES string of the molecule is Cc1ncc(C#N)c(Nc2ccc3[nH]ccc3c2C)c1/C=C/CCN1CCC(NC(=O)O)CC1. The molecule has 0 aliphatic carbocycles. The number of hydrogen-bond acceptors (Lipinski definition) is 5. The van der Waals surface area contributed by atoms with Gasteiger partial charge >= 0.3 is 6.09 Å². The molecule has 176 valence electrons. The molecule has 0 bridgehead atoms. The van der Waals surface area contributed by atoms with Gasteiger partial charge in [-0.25, -0.2) is 4.79 Å². The number of nitrogens with zero attached hydrogens (tertiary/aromatic N) is 3. The molecule has 4 N–H and O–H groups in total. The summed E-state index contributed by atoms with van der Waals surface area (Å²) in [5.41, 5.74) is 6.21. The Labute approximate surface area is 199 Å². The zero-order chi connectivity index (χ0) is 24.1. The van der Waals surface area contributed by atoms with E-state index in [2.05, 4.69) is 50.6 Å². The Morgan fingerprint density at radius 2 is 2.12 bits per heavy atom. The van der Waals surface area contributed by atoms with Crippen LogP contribution in [-0.2, 0) is 0 Å². The fraction of sp³-hybridized carbons (Fsp3) is 0.346. The molecule has 3 aromatic rings. The molecular weight excluding hydrogens is 428 g/mol. The lowest BCUT2D eigenvalue weighted by atomic mass is 10.0. The van der Waals surface area contributed by atoms with Gasteiger partial charge in [-0.3, -0.25) is 4.98 Å². The monoisotopic (exact) mass is 458 g/mol. The molecule has 1 saturated heterocycles. The highest BCUT2D eigenvalue weighted by atomic mass is 16.4. The van der Waals surface area contributed by atoms with Gasteiger partial charge in [-0.2, -0.15) is 5.26 Å². The zero-order valence-corrected chi connectivity index (χ0v) is 19.6. The first-order valence-corrected chi connectivity index (χ1v) is 11.6. The lowest BCUT2D eigenvalue weighted by Crippen LogP contribution is -2.44. The number of aryl methyl sites for hydroxylation is 2. The number of anilines is 2. The standard InChI is InChI=1S/C26H30N6O2/c1-17-21-8-11-28-24(21)7-6-23(17)31-25-19(15-27)16-29-18(2)22(25)5-3-4-12-32-13-9-20(10-14-32)30-26(33)34/h3,5-8,11,16,20,28,30H,4,9-10,12-14H2,1-2H3,(H,29,31)(H,33,34)/b5-3+. The van der Waals surface area contributed by atoms with Gasteiger partial charge in [-0.05, 0) is 56.9 Å².